The summed E-state index contributed by atoms with van der Waals surface area (Å²) in [7, 11) is 1.41. The predicted molar refractivity (Wildman–Crippen MR) is 177 cm³/mol. The lowest BCUT2D eigenvalue weighted by atomic mass is 9.97. The number of nitrogens with one attached hydrogen (secondary N) is 4. The van der Waals surface area contributed by atoms with Crippen LogP contribution in [0.15, 0.2) is 29.3 Å². The van der Waals surface area contributed by atoms with E-state index < -0.39 is 84.3 Å². The van der Waals surface area contributed by atoms with Crippen molar-refractivity contribution in [2.24, 2.45) is 21.9 Å². The lowest BCUT2D eigenvalue weighted by Crippen LogP contribution is -2.56. The number of amides is 5. The highest BCUT2D eigenvalue weighted by Crippen LogP contribution is 2.17. The van der Waals surface area contributed by atoms with Gasteiger partial charge in [-0.15, -0.1) is 0 Å². The molecule has 0 aliphatic carbocycles. The van der Waals surface area contributed by atoms with Crippen LogP contribution in [0.1, 0.15) is 76.2 Å². The zero-order valence-electron chi connectivity index (χ0n) is 28.8. The molecule has 1 unspecified atom stereocenters. The van der Waals surface area contributed by atoms with E-state index in [1.807, 2.05) is 0 Å². The number of esters is 2. The molecule has 1 aliphatic rings. The first-order chi connectivity index (χ1) is 22.9. The standard InChI is InChI=1S/C32H48N8O9/c1-7-21-29(46)40(6)23(12-9-13-35-31(33)34)28(45)37-17-24(41)38-22(15-25(42)48-18(2)49-30(47)32(3,4)5)27(44)36-16-19-10-8-11-20(14-19)26(43)39-21/h8,10-11,14,18,21-23H,7,9,12-13,15-17H2,1-6H3,(H,36,44)(H,37,45)(H,38,41)(H,39,43)(H4,33,34,35)/t18?,21-,22+,23+/m1/s1. The Balaban J connectivity index is 2.37. The monoisotopic (exact) mass is 688 g/mol. The van der Waals surface area contributed by atoms with Gasteiger partial charge in [0.15, 0.2) is 5.96 Å². The second-order valence-corrected chi connectivity index (χ2v) is 12.5. The van der Waals surface area contributed by atoms with Gasteiger partial charge in [0.05, 0.1) is 18.4 Å². The molecule has 17 heteroatoms. The highest BCUT2D eigenvalue weighted by Gasteiger charge is 2.33. The number of guanidine groups is 1. The molecule has 1 aliphatic heterocycles. The van der Waals surface area contributed by atoms with E-state index >= 15 is 0 Å². The van der Waals surface area contributed by atoms with Crippen molar-refractivity contribution < 1.29 is 43.0 Å². The molecule has 0 saturated heterocycles. The maximum atomic E-state index is 13.5. The first-order valence-electron chi connectivity index (χ1n) is 15.9. The Labute approximate surface area is 285 Å². The van der Waals surface area contributed by atoms with E-state index in [9.17, 15) is 33.6 Å². The van der Waals surface area contributed by atoms with Gasteiger partial charge >= 0.3 is 11.9 Å². The topological polar surface area (TPSA) is 254 Å². The van der Waals surface area contributed by atoms with E-state index in [2.05, 4.69) is 26.3 Å². The molecular weight excluding hydrogens is 640 g/mol. The number of nitrogens with zero attached hydrogens (tertiary/aromatic N) is 2. The molecule has 0 saturated carbocycles. The second-order valence-electron chi connectivity index (χ2n) is 12.5. The van der Waals surface area contributed by atoms with Gasteiger partial charge in [-0.25, -0.2) is 0 Å². The summed E-state index contributed by atoms with van der Waals surface area (Å²) in [6, 6.07) is 2.78. The molecular formula is C32H48N8O9. The third kappa shape index (κ3) is 13.1. The molecule has 0 fully saturated rings. The summed E-state index contributed by atoms with van der Waals surface area (Å²) >= 11 is 0. The van der Waals surface area contributed by atoms with E-state index in [1.54, 1.807) is 39.8 Å². The number of hydrogen-bond acceptors (Lipinski definition) is 10. The van der Waals surface area contributed by atoms with Gasteiger partial charge in [-0.1, -0.05) is 19.1 Å². The number of hydrogen-bond donors (Lipinski definition) is 6. The van der Waals surface area contributed by atoms with Crippen LogP contribution in [0.25, 0.3) is 0 Å². The van der Waals surface area contributed by atoms with Crippen molar-refractivity contribution in [3.8, 4) is 0 Å². The van der Waals surface area contributed by atoms with Crippen molar-refractivity contribution in [1.29, 1.82) is 0 Å². The summed E-state index contributed by atoms with van der Waals surface area (Å²) < 4.78 is 10.3. The van der Waals surface area contributed by atoms with Gasteiger partial charge in [0.2, 0.25) is 29.9 Å². The van der Waals surface area contributed by atoms with Crippen LogP contribution >= 0.6 is 0 Å². The molecule has 2 bridgehead atoms. The fourth-order valence-corrected chi connectivity index (χ4v) is 4.60. The van der Waals surface area contributed by atoms with E-state index in [0.717, 1.165) is 0 Å². The number of nitrogens with two attached hydrogens (primary N) is 2. The number of fused-ring (bicyclic) bond motifs is 2. The number of rotatable bonds is 9. The lowest BCUT2D eigenvalue weighted by molar-refractivity contribution is -0.190. The number of aliphatic imine (C=N–C) groups is 1. The molecule has 49 heavy (non-hydrogen) atoms. The van der Waals surface area contributed by atoms with Gasteiger partial charge in [0.25, 0.3) is 5.91 Å². The van der Waals surface area contributed by atoms with E-state index in [4.69, 9.17) is 20.9 Å². The summed E-state index contributed by atoms with van der Waals surface area (Å²) in [5.74, 6) is -5.07. The molecule has 270 valence electrons. The maximum absolute atomic E-state index is 13.5. The zero-order valence-corrected chi connectivity index (χ0v) is 28.8. The van der Waals surface area contributed by atoms with Gasteiger partial charge in [-0.2, -0.15) is 0 Å². The summed E-state index contributed by atoms with van der Waals surface area (Å²) in [5, 5.41) is 10.2. The summed E-state index contributed by atoms with van der Waals surface area (Å²) in [6.45, 7) is 7.38. The van der Waals surface area contributed by atoms with Crippen LogP contribution in [0.5, 0.6) is 0 Å². The third-order valence-electron chi connectivity index (χ3n) is 7.34. The molecule has 1 heterocycles. The van der Waals surface area contributed by atoms with Crippen LogP contribution in [-0.2, 0) is 44.8 Å². The predicted octanol–water partition coefficient (Wildman–Crippen LogP) is -0.825. The largest absolute Gasteiger partial charge is 0.425 e. The van der Waals surface area contributed by atoms with Crippen LogP contribution < -0.4 is 32.7 Å². The number of carbonyl (C=O) groups is 7. The highest BCUT2D eigenvalue weighted by molar-refractivity contribution is 5.99. The number of ether oxygens (including phenoxy) is 2. The Kier molecular flexibility index (Phi) is 15.0. The third-order valence-corrected chi connectivity index (χ3v) is 7.34. The average molecular weight is 689 g/mol. The average Bonchev–Trinajstić information content (AvgIpc) is 3.02. The second kappa shape index (κ2) is 18.4. The Morgan fingerprint density at radius 1 is 1.00 bits per heavy atom. The van der Waals surface area contributed by atoms with Crippen molar-refractivity contribution in [3.63, 3.8) is 0 Å². The van der Waals surface area contributed by atoms with Gasteiger partial charge < -0.3 is 47.1 Å². The SMILES string of the molecule is CC[C@H]1NC(=O)c2cccc(c2)CNC(=O)[C@H](CC(=O)OC(C)OC(=O)C(C)(C)C)NC(=O)CNC(=O)[C@H](CCCN=C(N)N)N(C)C1=O. The molecule has 8 N–H and O–H groups in total. The van der Waals surface area contributed by atoms with Gasteiger partial charge in [-0.3, -0.25) is 38.6 Å². The minimum absolute atomic E-state index is 0.0852. The fraction of sp³-hybridized carbons (Fsp3) is 0.562. The maximum Gasteiger partial charge on any atom is 0.314 e. The highest BCUT2D eigenvalue weighted by atomic mass is 16.7. The van der Waals surface area contributed by atoms with Crippen molar-refractivity contribution in [1.82, 2.24) is 26.2 Å². The van der Waals surface area contributed by atoms with Crippen molar-refractivity contribution in [2.45, 2.75) is 91.3 Å². The number of carbonyl (C=O) groups excluding carboxylic acids is 7. The van der Waals surface area contributed by atoms with E-state index in [-0.39, 0.29) is 37.5 Å². The van der Waals surface area contributed by atoms with Crippen LogP contribution in [0.4, 0.5) is 0 Å². The first kappa shape index (κ1) is 40.0. The Hall–Kier alpha value is -5.22. The Bertz CT molecular complexity index is 1420. The van der Waals surface area contributed by atoms with E-state index in [1.165, 1.54) is 31.0 Å². The minimum Gasteiger partial charge on any atom is -0.425 e. The molecule has 17 nitrogen and oxygen atoms in total. The van der Waals surface area contributed by atoms with Gasteiger partial charge in [0.1, 0.15) is 18.1 Å². The van der Waals surface area contributed by atoms with Crippen LogP contribution in [0.3, 0.4) is 0 Å². The smallest absolute Gasteiger partial charge is 0.314 e. The summed E-state index contributed by atoms with van der Waals surface area (Å²) in [6.07, 6.45) is -1.30. The van der Waals surface area contributed by atoms with Crippen molar-refractivity contribution in [3.05, 3.63) is 35.4 Å². The normalized spacial score (nSPS) is 20.3. The first-order valence-corrected chi connectivity index (χ1v) is 15.9. The minimum atomic E-state index is -1.46. The molecule has 0 aromatic heterocycles. The number of likely N-dealkylation sites (N-methyl/N-ethyl adjacent to an activating group) is 1. The van der Waals surface area contributed by atoms with Gasteiger partial charge in [0, 0.05) is 32.6 Å². The van der Waals surface area contributed by atoms with Gasteiger partial charge in [-0.05, 0) is 57.7 Å². The fourth-order valence-electron chi connectivity index (χ4n) is 4.60. The Morgan fingerprint density at radius 2 is 1.67 bits per heavy atom. The molecule has 1 aromatic rings. The molecule has 0 spiro atoms. The molecule has 1 aromatic carbocycles. The van der Waals surface area contributed by atoms with Crippen LogP contribution in [0, 0.1) is 5.41 Å². The van der Waals surface area contributed by atoms with Crippen LogP contribution in [0.2, 0.25) is 0 Å². The van der Waals surface area contributed by atoms with Crippen molar-refractivity contribution in [2.75, 3.05) is 20.1 Å². The molecule has 4 atom stereocenters. The quantitative estimate of drug-likeness (QED) is 0.0614. The molecule has 0 radical (unpaired) electrons. The number of benzene rings is 1. The Morgan fingerprint density at radius 3 is 2.31 bits per heavy atom. The summed E-state index contributed by atoms with van der Waals surface area (Å²) in [4.78, 5) is 96.4. The summed E-state index contributed by atoms with van der Waals surface area (Å²) in [5.41, 5.74) is 10.7. The van der Waals surface area contributed by atoms with Crippen LogP contribution in [-0.4, -0.2) is 96.9 Å². The zero-order chi connectivity index (χ0) is 36.9. The van der Waals surface area contributed by atoms with Crippen molar-refractivity contribution >= 4 is 47.4 Å². The molecule has 2 rings (SSSR count). The molecule has 5 amide bonds. The lowest BCUT2D eigenvalue weighted by Gasteiger charge is -2.30. The van der Waals surface area contributed by atoms with E-state index in [0.29, 0.717) is 12.0 Å².